The van der Waals surface area contributed by atoms with Gasteiger partial charge in [-0.1, -0.05) is 20.8 Å². The molecule has 5 heteroatoms. The zero-order chi connectivity index (χ0) is 22.8. The zero-order valence-electron chi connectivity index (χ0n) is 20.6. The van der Waals surface area contributed by atoms with Gasteiger partial charge in [0.1, 0.15) is 6.10 Å². The van der Waals surface area contributed by atoms with Crippen LogP contribution in [0, 0.1) is 46.3 Å². The van der Waals surface area contributed by atoms with E-state index in [1.807, 2.05) is 0 Å². The molecule has 0 N–H and O–H groups in total. The lowest BCUT2D eigenvalue weighted by molar-refractivity contribution is -0.158. The Balaban J connectivity index is 1.33. The van der Waals surface area contributed by atoms with Crippen molar-refractivity contribution < 1.29 is 23.8 Å². The van der Waals surface area contributed by atoms with Crippen LogP contribution in [0.2, 0.25) is 0 Å². The molecule has 1 aliphatic heterocycles. The van der Waals surface area contributed by atoms with Gasteiger partial charge in [-0.3, -0.25) is 9.59 Å². The Labute approximate surface area is 193 Å². The summed E-state index contributed by atoms with van der Waals surface area (Å²) >= 11 is 0. The number of fused-ring (bicyclic) bond motifs is 8. The van der Waals surface area contributed by atoms with Crippen molar-refractivity contribution in [2.24, 2.45) is 46.3 Å². The van der Waals surface area contributed by atoms with Gasteiger partial charge in [-0.05, 0) is 92.3 Å². The molecule has 1 saturated heterocycles. The van der Waals surface area contributed by atoms with Crippen molar-refractivity contribution in [2.45, 2.75) is 104 Å². The third kappa shape index (κ3) is 3.35. The van der Waals surface area contributed by atoms with E-state index in [1.165, 1.54) is 39.7 Å². The highest BCUT2D eigenvalue weighted by atomic mass is 16.6. The normalized spacial score (nSPS) is 49.7. The molecule has 32 heavy (non-hydrogen) atoms. The highest BCUT2D eigenvalue weighted by molar-refractivity contribution is 5.69. The number of methoxy groups -OCH3 is 1. The average molecular weight is 447 g/mol. The highest BCUT2D eigenvalue weighted by Gasteiger charge is 2.73. The molecule has 180 valence electrons. The summed E-state index contributed by atoms with van der Waals surface area (Å²) in [7, 11) is 1.49. The van der Waals surface area contributed by atoms with E-state index in [-0.39, 0.29) is 23.5 Å². The van der Waals surface area contributed by atoms with E-state index >= 15 is 0 Å². The Morgan fingerprint density at radius 1 is 1.12 bits per heavy atom. The molecule has 1 heterocycles. The highest BCUT2D eigenvalue weighted by Crippen LogP contribution is 2.73. The minimum Gasteiger partial charge on any atom is -0.469 e. The molecule has 0 bridgehead atoms. The number of rotatable bonds is 5. The number of carbonyl (C=O) groups is 2. The molecule has 5 fully saturated rings. The lowest BCUT2D eigenvalue weighted by Crippen LogP contribution is -2.57. The van der Waals surface area contributed by atoms with Crippen LogP contribution >= 0.6 is 0 Å². The van der Waals surface area contributed by atoms with Gasteiger partial charge in [-0.15, -0.1) is 0 Å². The fourth-order valence-electron chi connectivity index (χ4n) is 9.54. The molecule has 0 unspecified atom stereocenters. The van der Waals surface area contributed by atoms with Gasteiger partial charge in [-0.25, -0.2) is 0 Å². The van der Waals surface area contributed by atoms with Crippen molar-refractivity contribution in [1.82, 2.24) is 0 Å². The van der Waals surface area contributed by atoms with Crippen LogP contribution in [-0.2, 0) is 23.8 Å². The molecule has 0 aromatic carbocycles. The number of epoxide rings is 1. The number of carbonyl (C=O) groups excluding carboxylic acids is 2. The largest absolute Gasteiger partial charge is 0.469 e. The first-order valence-electron chi connectivity index (χ1n) is 13.1. The van der Waals surface area contributed by atoms with Crippen molar-refractivity contribution in [3.63, 3.8) is 0 Å². The zero-order valence-corrected chi connectivity index (χ0v) is 20.6. The Morgan fingerprint density at radius 3 is 2.62 bits per heavy atom. The predicted molar refractivity (Wildman–Crippen MR) is 121 cm³/mol. The molecular formula is C27H42O5. The number of hydrogen-bond donors (Lipinski definition) is 0. The molecule has 5 rings (SSSR count). The second-order valence-corrected chi connectivity index (χ2v) is 12.2. The number of ether oxygens (including phenoxy) is 3. The maximum Gasteiger partial charge on any atom is 0.305 e. The van der Waals surface area contributed by atoms with Crippen molar-refractivity contribution in [3.8, 4) is 0 Å². The summed E-state index contributed by atoms with van der Waals surface area (Å²) in [5.74, 6) is 3.74. The smallest absolute Gasteiger partial charge is 0.305 e. The van der Waals surface area contributed by atoms with E-state index in [9.17, 15) is 9.59 Å². The van der Waals surface area contributed by atoms with Crippen molar-refractivity contribution >= 4 is 11.9 Å². The van der Waals surface area contributed by atoms with Crippen LogP contribution in [0.1, 0.15) is 85.5 Å². The standard InChI is InChI=1S/C27H42O5/c1-15(6-11-22(29)30-5)20-9-10-21-19-8-7-17-14-18(31-16(2)28)12-13-26(17,3)23(19)24-25(32-24)27(20,21)4/h15,17-21,23-25H,6-14H2,1-5H3/t15-,17-,18-,19+,20-,21+,23-,24+,25+,26+,27-/m1/s1. The summed E-state index contributed by atoms with van der Waals surface area (Å²) in [6.07, 6.45) is 10.7. The maximum atomic E-state index is 11.7. The van der Waals surface area contributed by atoms with Crippen LogP contribution in [-0.4, -0.2) is 37.4 Å². The van der Waals surface area contributed by atoms with Crippen LogP contribution in [0.15, 0.2) is 0 Å². The Hall–Kier alpha value is -1.10. The van der Waals surface area contributed by atoms with Crippen LogP contribution in [0.3, 0.4) is 0 Å². The van der Waals surface area contributed by atoms with E-state index < -0.39 is 0 Å². The van der Waals surface area contributed by atoms with Crippen molar-refractivity contribution in [1.29, 1.82) is 0 Å². The van der Waals surface area contributed by atoms with Gasteiger partial charge < -0.3 is 14.2 Å². The Bertz CT molecular complexity index is 765. The summed E-state index contributed by atoms with van der Waals surface area (Å²) in [5, 5.41) is 0. The maximum absolute atomic E-state index is 11.7. The topological polar surface area (TPSA) is 65.1 Å². The van der Waals surface area contributed by atoms with Gasteiger partial charge in [0.05, 0.1) is 19.3 Å². The molecule has 0 aromatic rings. The molecule has 0 amide bonds. The number of hydrogen-bond acceptors (Lipinski definition) is 5. The van der Waals surface area contributed by atoms with Gasteiger partial charge in [-0.2, -0.15) is 0 Å². The summed E-state index contributed by atoms with van der Waals surface area (Å²) in [6.45, 7) is 8.94. The summed E-state index contributed by atoms with van der Waals surface area (Å²) in [5.41, 5.74) is 0.564. The van der Waals surface area contributed by atoms with Crippen LogP contribution in [0.25, 0.3) is 0 Å². The predicted octanol–water partition coefficient (Wildman–Crippen LogP) is 5.15. The van der Waals surface area contributed by atoms with Gasteiger partial charge in [0.25, 0.3) is 0 Å². The Kier molecular flexibility index (Phi) is 5.66. The summed E-state index contributed by atoms with van der Waals surface area (Å²) in [4.78, 5) is 23.2. The lowest BCUT2D eigenvalue weighted by atomic mass is 9.44. The minimum atomic E-state index is -0.135. The van der Waals surface area contributed by atoms with E-state index in [0.717, 1.165) is 37.5 Å². The first kappa shape index (κ1) is 22.7. The van der Waals surface area contributed by atoms with Gasteiger partial charge in [0, 0.05) is 18.8 Å². The summed E-state index contributed by atoms with van der Waals surface area (Å²) in [6, 6.07) is 0. The first-order valence-corrected chi connectivity index (χ1v) is 13.1. The minimum absolute atomic E-state index is 0.0867. The van der Waals surface area contributed by atoms with Gasteiger partial charge >= 0.3 is 11.9 Å². The van der Waals surface area contributed by atoms with E-state index in [0.29, 0.717) is 47.7 Å². The average Bonchev–Trinajstić information content (AvgIpc) is 3.47. The second-order valence-electron chi connectivity index (χ2n) is 12.2. The van der Waals surface area contributed by atoms with E-state index in [4.69, 9.17) is 14.2 Å². The quantitative estimate of drug-likeness (QED) is 0.431. The lowest BCUT2D eigenvalue weighted by Gasteiger charge is -2.59. The molecule has 0 aromatic heterocycles. The monoisotopic (exact) mass is 446 g/mol. The van der Waals surface area contributed by atoms with E-state index in [2.05, 4.69) is 20.8 Å². The number of esters is 2. The summed E-state index contributed by atoms with van der Waals surface area (Å²) < 4.78 is 17.1. The van der Waals surface area contributed by atoms with Crippen LogP contribution < -0.4 is 0 Å². The fraction of sp³-hybridized carbons (Fsp3) is 0.926. The molecule has 0 radical (unpaired) electrons. The van der Waals surface area contributed by atoms with E-state index in [1.54, 1.807) is 0 Å². The van der Waals surface area contributed by atoms with Crippen LogP contribution in [0.5, 0.6) is 0 Å². The van der Waals surface area contributed by atoms with Crippen LogP contribution in [0.4, 0.5) is 0 Å². The third-order valence-corrected chi connectivity index (χ3v) is 11.0. The molecule has 4 saturated carbocycles. The van der Waals surface area contributed by atoms with Gasteiger partial charge in [0.15, 0.2) is 0 Å². The second kappa shape index (κ2) is 7.99. The molecule has 5 nitrogen and oxygen atoms in total. The molecular weight excluding hydrogens is 404 g/mol. The van der Waals surface area contributed by atoms with Crippen molar-refractivity contribution in [3.05, 3.63) is 0 Å². The third-order valence-electron chi connectivity index (χ3n) is 11.0. The molecule has 5 aliphatic rings. The molecule has 0 spiro atoms. The van der Waals surface area contributed by atoms with Crippen molar-refractivity contribution in [2.75, 3.05) is 7.11 Å². The molecule has 11 atom stereocenters. The molecule has 4 aliphatic carbocycles. The van der Waals surface area contributed by atoms with Gasteiger partial charge in [0.2, 0.25) is 0 Å². The fourth-order valence-corrected chi connectivity index (χ4v) is 9.54. The first-order chi connectivity index (χ1) is 15.2. The Morgan fingerprint density at radius 2 is 1.91 bits per heavy atom. The SMILES string of the molecule is COC(=O)CC[C@@H](C)[C@H]1CC[C@H]2[C@@H]3CC[C@@H]4C[C@H](OC(C)=O)CC[C@]4(C)[C@H]3[C@@H]3O[C@@H]3[C@]12C.